The summed E-state index contributed by atoms with van der Waals surface area (Å²) >= 11 is 3.54. The van der Waals surface area contributed by atoms with E-state index in [1.54, 1.807) is 0 Å². The van der Waals surface area contributed by atoms with Crippen LogP contribution in [0.4, 0.5) is 0 Å². The van der Waals surface area contributed by atoms with Crippen molar-refractivity contribution in [3.05, 3.63) is 34.3 Å². The molecule has 2 rings (SSSR count). The highest BCUT2D eigenvalue weighted by atomic mass is 79.9. The van der Waals surface area contributed by atoms with Crippen molar-refractivity contribution in [2.75, 3.05) is 0 Å². The van der Waals surface area contributed by atoms with E-state index >= 15 is 0 Å². The van der Waals surface area contributed by atoms with Crippen LogP contribution in [0.1, 0.15) is 51.1 Å². The molecule has 0 saturated heterocycles. The lowest BCUT2D eigenvalue weighted by Gasteiger charge is -2.29. The highest BCUT2D eigenvalue weighted by molar-refractivity contribution is 9.10. The summed E-state index contributed by atoms with van der Waals surface area (Å²) in [6, 6.07) is 9.77. The Morgan fingerprint density at radius 1 is 1.24 bits per heavy atom. The fraction of sp³-hybridized carbons (Fsp3) is 0.600. The molecule has 1 aliphatic carbocycles. The third-order valence-corrected chi connectivity index (χ3v) is 4.34. The monoisotopic (exact) mass is 295 g/mol. The minimum absolute atomic E-state index is 0.450. The lowest BCUT2D eigenvalue weighted by molar-refractivity contribution is 0.291. The average molecular weight is 296 g/mol. The fourth-order valence-electron chi connectivity index (χ4n) is 2.65. The van der Waals surface area contributed by atoms with Gasteiger partial charge >= 0.3 is 0 Å². The molecule has 0 amide bonds. The van der Waals surface area contributed by atoms with Crippen molar-refractivity contribution in [1.82, 2.24) is 5.32 Å². The van der Waals surface area contributed by atoms with Gasteiger partial charge in [0.25, 0.3) is 0 Å². The largest absolute Gasteiger partial charge is 0.307 e. The smallest absolute Gasteiger partial charge is 0.0294 e. The Labute approximate surface area is 113 Å². The lowest BCUT2D eigenvalue weighted by atomic mass is 9.87. The van der Waals surface area contributed by atoms with Crippen LogP contribution in [-0.2, 0) is 0 Å². The number of nitrogens with one attached hydrogen (secondary N) is 1. The van der Waals surface area contributed by atoms with Gasteiger partial charge < -0.3 is 5.32 Å². The van der Waals surface area contributed by atoms with Crippen LogP contribution >= 0.6 is 15.9 Å². The summed E-state index contributed by atoms with van der Waals surface area (Å²) in [5.41, 5.74) is 1.37. The Kier molecular flexibility index (Phi) is 4.63. The quantitative estimate of drug-likeness (QED) is 0.854. The average Bonchev–Trinajstić information content (AvgIpc) is 2.32. The van der Waals surface area contributed by atoms with Gasteiger partial charge in [-0.05, 0) is 56.2 Å². The van der Waals surface area contributed by atoms with Gasteiger partial charge in [-0.2, -0.15) is 0 Å². The minimum atomic E-state index is 0.450. The van der Waals surface area contributed by atoms with Gasteiger partial charge in [-0.1, -0.05) is 35.0 Å². The lowest BCUT2D eigenvalue weighted by Crippen LogP contribution is -2.34. The summed E-state index contributed by atoms with van der Waals surface area (Å²) < 4.78 is 1.17. The summed E-state index contributed by atoms with van der Waals surface area (Å²) in [5, 5.41) is 3.76. The van der Waals surface area contributed by atoms with Crippen molar-refractivity contribution in [3.8, 4) is 0 Å². The highest BCUT2D eigenvalue weighted by Crippen LogP contribution is 2.26. The van der Waals surface area contributed by atoms with Crippen LogP contribution in [0.3, 0.4) is 0 Å². The molecular formula is C15H22BrN. The number of halogens is 1. The zero-order valence-corrected chi connectivity index (χ0v) is 12.3. The van der Waals surface area contributed by atoms with Crippen molar-refractivity contribution in [3.63, 3.8) is 0 Å². The SMILES string of the molecule is CC1CCC(NC(C)c2cccc(Br)c2)CC1. The maximum Gasteiger partial charge on any atom is 0.0294 e. The second-order valence-corrected chi connectivity index (χ2v) is 6.32. The summed E-state index contributed by atoms with van der Waals surface area (Å²) in [5.74, 6) is 0.925. The molecule has 2 heteroatoms. The van der Waals surface area contributed by atoms with E-state index in [4.69, 9.17) is 0 Å². The molecule has 1 unspecified atom stereocenters. The molecule has 0 heterocycles. The van der Waals surface area contributed by atoms with E-state index in [2.05, 4.69) is 59.4 Å². The van der Waals surface area contributed by atoms with E-state index in [1.807, 2.05) is 0 Å². The molecule has 1 fully saturated rings. The van der Waals surface area contributed by atoms with Crippen LogP contribution in [0.25, 0.3) is 0 Å². The second-order valence-electron chi connectivity index (χ2n) is 5.40. The van der Waals surface area contributed by atoms with Crippen molar-refractivity contribution in [2.45, 2.75) is 51.6 Å². The molecular weight excluding hydrogens is 274 g/mol. The van der Waals surface area contributed by atoms with Gasteiger partial charge in [0.1, 0.15) is 0 Å². The van der Waals surface area contributed by atoms with Crippen LogP contribution in [0.15, 0.2) is 28.7 Å². The van der Waals surface area contributed by atoms with Gasteiger partial charge in [-0.15, -0.1) is 0 Å². The molecule has 1 atom stereocenters. The summed E-state index contributed by atoms with van der Waals surface area (Å²) in [6.45, 7) is 4.63. The Morgan fingerprint density at radius 3 is 2.59 bits per heavy atom. The number of rotatable bonds is 3. The van der Waals surface area contributed by atoms with Gasteiger partial charge in [0, 0.05) is 16.6 Å². The topological polar surface area (TPSA) is 12.0 Å². The molecule has 0 bridgehead atoms. The van der Waals surface area contributed by atoms with Gasteiger partial charge in [0.2, 0.25) is 0 Å². The summed E-state index contributed by atoms with van der Waals surface area (Å²) in [7, 11) is 0. The minimum Gasteiger partial charge on any atom is -0.307 e. The van der Waals surface area contributed by atoms with Crippen LogP contribution in [0.5, 0.6) is 0 Å². The molecule has 1 nitrogen and oxygen atoms in total. The highest BCUT2D eigenvalue weighted by Gasteiger charge is 2.19. The normalized spacial score (nSPS) is 26.8. The third kappa shape index (κ3) is 3.82. The Balaban J connectivity index is 1.90. The molecule has 1 aromatic carbocycles. The Bertz CT molecular complexity index is 356. The molecule has 1 aromatic rings. The first-order valence-corrected chi connectivity index (χ1v) is 7.46. The van der Waals surface area contributed by atoms with Crippen molar-refractivity contribution >= 4 is 15.9 Å². The Hall–Kier alpha value is -0.340. The van der Waals surface area contributed by atoms with E-state index < -0.39 is 0 Å². The molecule has 1 aliphatic rings. The zero-order valence-electron chi connectivity index (χ0n) is 10.7. The summed E-state index contributed by atoms with van der Waals surface area (Å²) in [4.78, 5) is 0. The van der Waals surface area contributed by atoms with Gasteiger partial charge in [0.15, 0.2) is 0 Å². The standard InChI is InChI=1S/C15H22BrN/c1-11-6-8-15(9-7-11)17-12(2)13-4-3-5-14(16)10-13/h3-5,10-12,15,17H,6-9H2,1-2H3. The maximum absolute atomic E-state index is 3.76. The predicted molar refractivity (Wildman–Crippen MR) is 77.1 cm³/mol. The van der Waals surface area contributed by atoms with Gasteiger partial charge in [0.05, 0.1) is 0 Å². The van der Waals surface area contributed by atoms with E-state index in [0.29, 0.717) is 12.1 Å². The number of hydrogen-bond donors (Lipinski definition) is 1. The first-order valence-electron chi connectivity index (χ1n) is 6.66. The fourth-order valence-corrected chi connectivity index (χ4v) is 3.07. The van der Waals surface area contributed by atoms with E-state index in [9.17, 15) is 0 Å². The van der Waals surface area contributed by atoms with E-state index in [0.717, 1.165) is 5.92 Å². The molecule has 17 heavy (non-hydrogen) atoms. The first-order chi connectivity index (χ1) is 8.15. The summed E-state index contributed by atoms with van der Waals surface area (Å²) in [6.07, 6.45) is 5.42. The van der Waals surface area contributed by atoms with Crippen molar-refractivity contribution in [2.24, 2.45) is 5.92 Å². The molecule has 94 valence electrons. The third-order valence-electron chi connectivity index (χ3n) is 3.85. The van der Waals surface area contributed by atoms with Gasteiger partial charge in [-0.25, -0.2) is 0 Å². The molecule has 1 N–H and O–H groups in total. The van der Waals surface area contributed by atoms with Crippen LogP contribution in [0.2, 0.25) is 0 Å². The molecule has 1 saturated carbocycles. The van der Waals surface area contributed by atoms with Gasteiger partial charge in [-0.3, -0.25) is 0 Å². The molecule has 0 aliphatic heterocycles. The van der Waals surface area contributed by atoms with Crippen LogP contribution in [0, 0.1) is 5.92 Å². The Morgan fingerprint density at radius 2 is 1.94 bits per heavy atom. The van der Waals surface area contributed by atoms with E-state index in [-0.39, 0.29) is 0 Å². The molecule has 0 aromatic heterocycles. The maximum atomic E-state index is 3.76. The van der Waals surface area contributed by atoms with Crippen molar-refractivity contribution in [1.29, 1.82) is 0 Å². The van der Waals surface area contributed by atoms with Crippen LogP contribution < -0.4 is 5.32 Å². The number of hydrogen-bond acceptors (Lipinski definition) is 1. The number of benzene rings is 1. The predicted octanol–water partition coefficient (Wildman–Crippen LogP) is 4.68. The molecule has 0 spiro atoms. The van der Waals surface area contributed by atoms with E-state index in [1.165, 1.54) is 35.7 Å². The zero-order chi connectivity index (χ0) is 12.3. The van der Waals surface area contributed by atoms with Crippen molar-refractivity contribution < 1.29 is 0 Å². The van der Waals surface area contributed by atoms with Crippen LogP contribution in [-0.4, -0.2) is 6.04 Å². The first kappa shape index (κ1) is 13.1. The molecule has 0 radical (unpaired) electrons. The second kappa shape index (κ2) is 6.01.